The summed E-state index contributed by atoms with van der Waals surface area (Å²) in [5.74, 6) is 0.208. The lowest BCUT2D eigenvalue weighted by atomic mass is 10.0. The first-order valence-corrected chi connectivity index (χ1v) is 12.9. The van der Waals surface area contributed by atoms with Crippen LogP contribution in [-0.2, 0) is 21.1 Å². The molecule has 1 heterocycles. The molecule has 3 amide bonds. The van der Waals surface area contributed by atoms with E-state index in [1.54, 1.807) is 6.07 Å². The van der Waals surface area contributed by atoms with Crippen LogP contribution in [0.2, 0.25) is 0 Å². The van der Waals surface area contributed by atoms with Crippen molar-refractivity contribution < 1.29 is 27.1 Å². The Kier molecular flexibility index (Phi) is 6.50. The lowest BCUT2D eigenvalue weighted by Gasteiger charge is -2.15. The molecule has 9 heteroatoms. The first-order valence-electron chi connectivity index (χ1n) is 11.1. The highest BCUT2D eigenvalue weighted by molar-refractivity contribution is 7.91. The van der Waals surface area contributed by atoms with E-state index >= 15 is 0 Å². The minimum Gasteiger partial charge on any atom is -0.490 e. The third-order valence-electron chi connectivity index (χ3n) is 6.30. The van der Waals surface area contributed by atoms with Crippen molar-refractivity contribution in [2.24, 2.45) is 5.92 Å². The molecule has 7 nitrogen and oxygen atoms in total. The second-order valence-corrected chi connectivity index (χ2v) is 11.1. The van der Waals surface area contributed by atoms with Crippen LogP contribution in [0.1, 0.15) is 55.6 Å². The van der Waals surface area contributed by atoms with E-state index in [9.17, 15) is 22.4 Å². The number of carbonyl (C=O) groups excluding carboxylic acids is 2. The number of amides is 3. The highest BCUT2D eigenvalue weighted by atomic mass is 32.2. The fraction of sp³-hybridized carbons (Fsp3) is 0.636. The van der Waals surface area contributed by atoms with Crippen LogP contribution in [0.5, 0.6) is 5.75 Å². The standard InChI is InChI=1S/C22H29FN2O5S/c23-19-9-8-17-16(6-7-18(17)21(19)30-13-15-4-5-15)14-31(28,29)11-3-1-2-10-25-12-20(26)24-22(25)27/h8-9,15-16H,1-7,10-14H2,(H,24,26,27). The number of imide groups is 1. The zero-order chi connectivity index (χ0) is 22.0. The van der Waals surface area contributed by atoms with Gasteiger partial charge in [0.25, 0.3) is 0 Å². The molecule has 1 saturated heterocycles. The zero-order valence-corrected chi connectivity index (χ0v) is 18.4. The number of sulfone groups is 1. The van der Waals surface area contributed by atoms with Gasteiger partial charge in [0.1, 0.15) is 6.54 Å². The molecule has 1 aromatic rings. The van der Waals surface area contributed by atoms with Crippen LogP contribution in [0.25, 0.3) is 0 Å². The summed E-state index contributed by atoms with van der Waals surface area (Å²) in [6.45, 7) is 1.05. The summed E-state index contributed by atoms with van der Waals surface area (Å²) >= 11 is 0. The van der Waals surface area contributed by atoms with Gasteiger partial charge in [-0.25, -0.2) is 17.6 Å². The van der Waals surface area contributed by atoms with E-state index in [1.807, 2.05) is 0 Å². The van der Waals surface area contributed by atoms with Crippen LogP contribution in [0.3, 0.4) is 0 Å². The minimum atomic E-state index is -3.25. The molecule has 2 fully saturated rings. The largest absolute Gasteiger partial charge is 0.490 e. The van der Waals surface area contributed by atoms with Crippen molar-refractivity contribution in [1.82, 2.24) is 10.2 Å². The second-order valence-electron chi connectivity index (χ2n) is 8.88. The lowest BCUT2D eigenvalue weighted by Crippen LogP contribution is -2.29. The number of benzene rings is 1. The fourth-order valence-corrected chi connectivity index (χ4v) is 6.17. The van der Waals surface area contributed by atoms with Gasteiger partial charge in [-0.1, -0.05) is 12.5 Å². The Balaban J connectivity index is 1.26. The first kappa shape index (κ1) is 22.0. The third kappa shape index (κ3) is 5.56. The summed E-state index contributed by atoms with van der Waals surface area (Å²) in [5.41, 5.74) is 1.74. The molecule has 0 aromatic heterocycles. The van der Waals surface area contributed by atoms with Gasteiger partial charge in [-0.3, -0.25) is 10.1 Å². The van der Waals surface area contributed by atoms with Crippen LogP contribution in [0, 0.1) is 11.7 Å². The average molecular weight is 453 g/mol. The maximum atomic E-state index is 14.3. The van der Waals surface area contributed by atoms with Gasteiger partial charge in [-0.05, 0) is 62.0 Å². The van der Waals surface area contributed by atoms with Gasteiger partial charge in [0.05, 0.1) is 18.1 Å². The van der Waals surface area contributed by atoms with Crippen molar-refractivity contribution >= 4 is 21.8 Å². The lowest BCUT2D eigenvalue weighted by molar-refractivity contribution is -0.118. The smallest absolute Gasteiger partial charge is 0.324 e. The molecular formula is C22H29FN2O5S. The molecule has 1 atom stereocenters. The van der Waals surface area contributed by atoms with E-state index < -0.39 is 9.84 Å². The molecule has 2 aliphatic carbocycles. The maximum Gasteiger partial charge on any atom is 0.324 e. The van der Waals surface area contributed by atoms with Crippen molar-refractivity contribution in [2.45, 2.75) is 50.9 Å². The first-order chi connectivity index (χ1) is 14.8. The Morgan fingerprint density at radius 1 is 1.13 bits per heavy atom. The second kappa shape index (κ2) is 9.14. The average Bonchev–Trinajstić information content (AvgIpc) is 3.37. The van der Waals surface area contributed by atoms with Crippen molar-refractivity contribution in [3.05, 3.63) is 29.1 Å². The van der Waals surface area contributed by atoms with Crippen molar-refractivity contribution in [2.75, 3.05) is 31.2 Å². The number of nitrogens with one attached hydrogen (secondary N) is 1. The third-order valence-corrected chi connectivity index (χ3v) is 8.12. The number of fused-ring (bicyclic) bond motifs is 1. The van der Waals surface area contributed by atoms with Crippen LogP contribution in [-0.4, -0.2) is 56.5 Å². The number of urea groups is 1. The fourth-order valence-electron chi connectivity index (χ4n) is 4.40. The van der Waals surface area contributed by atoms with E-state index in [1.165, 1.54) is 11.0 Å². The van der Waals surface area contributed by atoms with Gasteiger partial charge >= 0.3 is 6.03 Å². The Morgan fingerprint density at radius 3 is 2.65 bits per heavy atom. The summed E-state index contributed by atoms with van der Waals surface area (Å²) in [5, 5.41) is 2.22. The molecule has 31 heavy (non-hydrogen) atoms. The molecule has 0 radical (unpaired) electrons. The number of halogens is 1. The number of carbonyl (C=O) groups is 2. The predicted molar refractivity (Wildman–Crippen MR) is 113 cm³/mol. The van der Waals surface area contributed by atoms with Gasteiger partial charge in [0, 0.05) is 12.1 Å². The molecule has 0 spiro atoms. The van der Waals surface area contributed by atoms with E-state index in [0.717, 1.165) is 24.0 Å². The zero-order valence-electron chi connectivity index (χ0n) is 17.6. The molecule has 0 bridgehead atoms. The molecule has 170 valence electrons. The molecule has 1 saturated carbocycles. The number of hydrogen-bond acceptors (Lipinski definition) is 5. The van der Waals surface area contributed by atoms with Crippen LogP contribution < -0.4 is 10.1 Å². The quantitative estimate of drug-likeness (QED) is 0.412. The van der Waals surface area contributed by atoms with E-state index in [2.05, 4.69) is 5.32 Å². The topological polar surface area (TPSA) is 92.8 Å². The maximum absolute atomic E-state index is 14.3. The van der Waals surface area contributed by atoms with Gasteiger partial charge in [-0.15, -0.1) is 0 Å². The van der Waals surface area contributed by atoms with Crippen molar-refractivity contribution in [3.8, 4) is 5.75 Å². The van der Waals surface area contributed by atoms with Gasteiger partial charge in [0.2, 0.25) is 5.91 Å². The molecule has 1 aromatic carbocycles. The number of rotatable bonds is 11. The van der Waals surface area contributed by atoms with E-state index in [0.29, 0.717) is 56.9 Å². The van der Waals surface area contributed by atoms with Gasteiger partial charge in [0.15, 0.2) is 21.4 Å². The molecule has 3 aliphatic rings. The van der Waals surface area contributed by atoms with Crippen LogP contribution in [0.4, 0.5) is 9.18 Å². The van der Waals surface area contributed by atoms with Crippen molar-refractivity contribution in [1.29, 1.82) is 0 Å². The summed E-state index contributed by atoms with van der Waals surface area (Å²) in [4.78, 5) is 24.1. The van der Waals surface area contributed by atoms with E-state index in [-0.39, 0.29) is 41.7 Å². The van der Waals surface area contributed by atoms with Crippen LogP contribution >= 0.6 is 0 Å². The molecule has 1 aliphatic heterocycles. The highest BCUT2D eigenvalue weighted by Crippen LogP contribution is 2.41. The number of nitrogens with zero attached hydrogens (tertiary/aromatic N) is 1. The van der Waals surface area contributed by atoms with Gasteiger partial charge in [-0.2, -0.15) is 0 Å². The Morgan fingerprint density at radius 2 is 1.94 bits per heavy atom. The molecule has 1 N–H and O–H groups in total. The summed E-state index contributed by atoms with van der Waals surface area (Å²) in [7, 11) is -3.25. The minimum absolute atomic E-state index is 0.0662. The number of ether oxygens (including phenoxy) is 1. The molecule has 1 unspecified atom stereocenters. The Hall–Kier alpha value is -2.16. The summed E-state index contributed by atoms with van der Waals surface area (Å²) < 4.78 is 45.4. The number of unbranched alkanes of at least 4 members (excludes halogenated alkanes) is 2. The summed E-state index contributed by atoms with van der Waals surface area (Å²) in [6, 6.07) is 2.73. The monoisotopic (exact) mass is 452 g/mol. The Bertz CT molecular complexity index is 961. The van der Waals surface area contributed by atoms with Crippen LogP contribution in [0.15, 0.2) is 12.1 Å². The normalized spacial score (nSPS) is 20.8. The number of hydrogen-bond donors (Lipinski definition) is 1. The van der Waals surface area contributed by atoms with Gasteiger partial charge < -0.3 is 9.64 Å². The highest BCUT2D eigenvalue weighted by Gasteiger charge is 2.32. The molecule has 4 rings (SSSR count). The predicted octanol–water partition coefficient (Wildman–Crippen LogP) is 2.78. The SMILES string of the molecule is O=C1CN(CCCCCS(=O)(=O)CC2CCc3c2ccc(F)c3OCC2CC2)C(=O)N1. The van der Waals surface area contributed by atoms with E-state index in [4.69, 9.17) is 4.74 Å². The molecular weight excluding hydrogens is 423 g/mol. The Labute approximate surface area is 182 Å². The van der Waals surface area contributed by atoms with Crippen molar-refractivity contribution in [3.63, 3.8) is 0 Å². The summed E-state index contributed by atoms with van der Waals surface area (Å²) in [6.07, 6.45) is 5.43.